The van der Waals surface area contributed by atoms with Crippen molar-refractivity contribution in [3.05, 3.63) is 60.7 Å². The van der Waals surface area contributed by atoms with Crippen LogP contribution in [0.15, 0.2) is 60.7 Å². The van der Waals surface area contributed by atoms with Crippen LogP contribution >= 0.6 is 5.66 Å². The molecule has 2 aromatic carbocycles. The van der Waals surface area contributed by atoms with Crippen molar-refractivity contribution < 1.29 is 0 Å². The van der Waals surface area contributed by atoms with Crippen LogP contribution in [-0.2, 0) is 0 Å². The second-order valence-corrected chi connectivity index (χ2v) is 9.30. The van der Waals surface area contributed by atoms with E-state index in [-0.39, 0.29) is 0 Å². The van der Waals surface area contributed by atoms with Crippen molar-refractivity contribution in [3.63, 3.8) is 0 Å². The summed E-state index contributed by atoms with van der Waals surface area (Å²) in [7, 11) is 0. The van der Waals surface area contributed by atoms with Gasteiger partial charge in [0.2, 0.25) is 0 Å². The molecule has 0 aliphatic rings. The Hall–Kier alpha value is -0.651. The Labute approximate surface area is 97.6 Å². The van der Waals surface area contributed by atoms with E-state index in [9.17, 15) is 0 Å². The van der Waals surface area contributed by atoms with Gasteiger partial charge in [-0.2, -0.15) is 0 Å². The standard InChI is InChI=1S/C12H12NPSe/c13-14(15,11-7-3-1-4-8-11)12-9-5-2-6-10-12/h1-10H,(H2,13,15). The second-order valence-electron chi connectivity index (χ2n) is 3.33. The van der Waals surface area contributed by atoms with Crippen LogP contribution in [0.1, 0.15) is 0 Å². The molecule has 0 radical (unpaired) electrons. The van der Waals surface area contributed by atoms with Crippen molar-refractivity contribution >= 4 is 31.4 Å². The molecule has 0 bridgehead atoms. The summed E-state index contributed by atoms with van der Waals surface area (Å²) < 4.78 is 0. The maximum atomic E-state index is 6.41. The molecule has 0 aliphatic carbocycles. The van der Waals surface area contributed by atoms with E-state index in [1.54, 1.807) is 0 Å². The van der Waals surface area contributed by atoms with Gasteiger partial charge in [0, 0.05) is 0 Å². The number of hydrogen-bond acceptors (Lipinski definition) is 1. The van der Waals surface area contributed by atoms with Gasteiger partial charge in [0.1, 0.15) is 0 Å². The molecule has 0 saturated carbocycles. The van der Waals surface area contributed by atoms with Crippen molar-refractivity contribution in [1.29, 1.82) is 0 Å². The second kappa shape index (κ2) is 4.47. The van der Waals surface area contributed by atoms with Gasteiger partial charge in [-0.25, -0.2) is 0 Å². The minimum atomic E-state index is -1.77. The monoisotopic (exact) mass is 281 g/mol. The average Bonchev–Trinajstić information content (AvgIpc) is 2.31. The van der Waals surface area contributed by atoms with Gasteiger partial charge < -0.3 is 0 Å². The molecule has 0 aromatic heterocycles. The first-order valence-corrected chi connectivity index (χ1v) is 8.78. The quantitative estimate of drug-likeness (QED) is 0.656. The van der Waals surface area contributed by atoms with Crippen LogP contribution in [0.4, 0.5) is 0 Å². The first-order chi connectivity index (χ1) is 7.21. The summed E-state index contributed by atoms with van der Waals surface area (Å²) >= 11 is 3.17. The molecule has 3 heteroatoms. The van der Waals surface area contributed by atoms with Crippen molar-refractivity contribution in [2.24, 2.45) is 5.50 Å². The molecule has 0 fully saturated rings. The average molecular weight is 280 g/mol. The predicted molar refractivity (Wildman–Crippen MR) is 69.0 cm³/mol. The number of hydrogen-bond donors (Lipinski definition) is 1. The molecule has 2 aromatic rings. The van der Waals surface area contributed by atoms with E-state index >= 15 is 0 Å². The number of benzene rings is 2. The molecular formula is C12H12NPSe. The van der Waals surface area contributed by atoms with Gasteiger partial charge >= 0.3 is 97.5 Å². The normalized spacial score (nSPS) is 11.3. The van der Waals surface area contributed by atoms with Gasteiger partial charge in [0.25, 0.3) is 0 Å². The topological polar surface area (TPSA) is 26.0 Å². The zero-order valence-corrected chi connectivity index (χ0v) is 10.8. The van der Waals surface area contributed by atoms with Crippen LogP contribution in [0.3, 0.4) is 0 Å². The molecule has 0 aliphatic heterocycles. The zero-order chi connectivity index (χ0) is 10.7. The first-order valence-electron chi connectivity index (χ1n) is 4.71. The molecule has 15 heavy (non-hydrogen) atoms. The van der Waals surface area contributed by atoms with E-state index in [1.165, 1.54) is 10.6 Å². The first kappa shape index (κ1) is 10.9. The van der Waals surface area contributed by atoms with E-state index in [2.05, 4.69) is 39.4 Å². The van der Waals surface area contributed by atoms with Gasteiger partial charge in [0.15, 0.2) is 0 Å². The molecule has 2 rings (SSSR count). The minimum absolute atomic E-state index is 1.19. The van der Waals surface area contributed by atoms with Crippen molar-refractivity contribution in [2.45, 2.75) is 0 Å². The van der Waals surface area contributed by atoms with E-state index in [4.69, 9.17) is 5.50 Å². The molecule has 1 nitrogen and oxygen atoms in total. The van der Waals surface area contributed by atoms with Crippen LogP contribution in [0.2, 0.25) is 0 Å². The van der Waals surface area contributed by atoms with Crippen molar-refractivity contribution in [3.8, 4) is 0 Å². The summed E-state index contributed by atoms with van der Waals surface area (Å²) in [6, 6.07) is 20.4. The van der Waals surface area contributed by atoms with Crippen LogP contribution in [0, 0.1) is 0 Å². The van der Waals surface area contributed by atoms with Gasteiger partial charge in [-0.05, 0) is 0 Å². The van der Waals surface area contributed by atoms with Crippen LogP contribution in [0.5, 0.6) is 0 Å². The molecule has 0 unspecified atom stereocenters. The van der Waals surface area contributed by atoms with Crippen LogP contribution < -0.4 is 16.1 Å². The Morgan fingerprint density at radius 1 is 0.733 bits per heavy atom. The fourth-order valence-corrected chi connectivity index (χ4v) is 4.51. The van der Waals surface area contributed by atoms with Crippen molar-refractivity contribution in [1.82, 2.24) is 0 Å². The Balaban J connectivity index is 2.50. The zero-order valence-electron chi connectivity index (χ0n) is 8.21. The fourth-order valence-electron chi connectivity index (χ4n) is 1.45. The third-order valence-corrected chi connectivity index (χ3v) is 7.06. The fraction of sp³-hybridized carbons (Fsp3) is 0. The molecule has 2 N–H and O–H groups in total. The van der Waals surface area contributed by atoms with Gasteiger partial charge in [-0.3, -0.25) is 0 Å². The van der Waals surface area contributed by atoms with E-state index in [0.29, 0.717) is 0 Å². The van der Waals surface area contributed by atoms with E-state index in [1.807, 2.05) is 36.4 Å². The third kappa shape index (κ3) is 2.30. The van der Waals surface area contributed by atoms with Gasteiger partial charge in [-0.1, -0.05) is 0 Å². The van der Waals surface area contributed by atoms with E-state index < -0.39 is 5.66 Å². The van der Waals surface area contributed by atoms with Crippen molar-refractivity contribution in [2.75, 3.05) is 0 Å². The Morgan fingerprint density at radius 3 is 1.40 bits per heavy atom. The summed E-state index contributed by atoms with van der Waals surface area (Å²) in [4.78, 5) is 0. The molecule has 0 spiro atoms. The summed E-state index contributed by atoms with van der Waals surface area (Å²) in [6.45, 7) is 0. The van der Waals surface area contributed by atoms with Crippen LogP contribution in [0.25, 0.3) is 0 Å². The Morgan fingerprint density at radius 2 is 1.07 bits per heavy atom. The molecule has 0 saturated heterocycles. The number of nitrogens with two attached hydrogens (primary N) is 1. The molecule has 76 valence electrons. The van der Waals surface area contributed by atoms with Crippen LogP contribution in [-0.4, -0.2) is 15.1 Å². The number of rotatable bonds is 2. The molecule has 0 atom stereocenters. The van der Waals surface area contributed by atoms with Gasteiger partial charge in [-0.15, -0.1) is 0 Å². The van der Waals surface area contributed by atoms with E-state index in [0.717, 1.165) is 0 Å². The summed E-state index contributed by atoms with van der Waals surface area (Å²) in [5.74, 6) is 0. The Kier molecular flexibility index (Phi) is 3.23. The summed E-state index contributed by atoms with van der Waals surface area (Å²) in [6.07, 6.45) is 0. The molecule has 0 heterocycles. The van der Waals surface area contributed by atoms with Gasteiger partial charge in [0.05, 0.1) is 0 Å². The summed E-state index contributed by atoms with van der Waals surface area (Å²) in [5.41, 5.74) is 4.64. The molecule has 0 amide bonds. The predicted octanol–water partition coefficient (Wildman–Crippen LogP) is 1.61. The summed E-state index contributed by atoms with van der Waals surface area (Å²) in [5, 5.41) is 2.38. The SMILES string of the molecule is NP(=[Se])(c1ccccc1)c1ccccc1. The third-order valence-electron chi connectivity index (χ3n) is 2.28. The molecular weight excluding hydrogens is 268 g/mol. The maximum absolute atomic E-state index is 6.41. The Bertz CT molecular complexity index is 438.